The van der Waals surface area contributed by atoms with Gasteiger partial charge < -0.3 is 9.84 Å². The van der Waals surface area contributed by atoms with Crippen molar-refractivity contribution < 1.29 is 4.52 Å². The van der Waals surface area contributed by atoms with Gasteiger partial charge in [-0.05, 0) is 11.4 Å². The summed E-state index contributed by atoms with van der Waals surface area (Å²) in [5, 5.41) is 18.0. The van der Waals surface area contributed by atoms with Gasteiger partial charge in [0.15, 0.2) is 4.34 Å². The van der Waals surface area contributed by atoms with E-state index < -0.39 is 0 Å². The first-order valence-corrected chi connectivity index (χ1v) is 8.71. The Bertz CT molecular complexity index is 706. The van der Waals surface area contributed by atoms with Crippen LogP contribution in [0.4, 0.5) is 5.13 Å². The topological polar surface area (TPSA) is 76.7 Å². The molecule has 0 aliphatic rings. The Hall–Kier alpha value is -1.71. The summed E-state index contributed by atoms with van der Waals surface area (Å²) in [6.07, 6.45) is 1.78. The van der Waals surface area contributed by atoms with E-state index in [1.165, 1.54) is 23.1 Å². The van der Waals surface area contributed by atoms with Crippen molar-refractivity contribution in [3.05, 3.63) is 36.1 Å². The highest BCUT2D eigenvalue weighted by atomic mass is 32.2. The van der Waals surface area contributed by atoms with E-state index in [-0.39, 0.29) is 0 Å². The Kier molecular flexibility index (Phi) is 4.63. The van der Waals surface area contributed by atoms with Crippen LogP contribution in [0.3, 0.4) is 0 Å². The Morgan fingerprint density at radius 3 is 3.19 bits per heavy atom. The molecule has 1 N–H and O–H groups in total. The fraction of sp³-hybridized carbons (Fsp3) is 0.167. The minimum atomic E-state index is 0.578. The third-order valence-corrected chi connectivity index (χ3v) is 5.20. The van der Waals surface area contributed by atoms with E-state index in [4.69, 9.17) is 4.52 Å². The van der Waals surface area contributed by atoms with Crippen molar-refractivity contribution in [3.63, 3.8) is 0 Å². The maximum absolute atomic E-state index is 5.23. The maximum atomic E-state index is 5.23. The molecule has 0 atom stereocenters. The van der Waals surface area contributed by atoms with Crippen LogP contribution in [0.1, 0.15) is 5.89 Å². The van der Waals surface area contributed by atoms with E-state index in [0.29, 0.717) is 24.0 Å². The van der Waals surface area contributed by atoms with Gasteiger partial charge in [-0.25, -0.2) is 0 Å². The summed E-state index contributed by atoms with van der Waals surface area (Å²) in [5.74, 6) is 1.79. The molecule has 0 saturated carbocycles. The number of thiophene rings is 1. The lowest BCUT2D eigenvalue weighted by Crippen LogP contribution is -1.96. The van der Waals surface area contributed by atoms with Crippen molar-refractivity contribution in [2.75, 3.05) is 11.9 Å². The van der Waals surface area contributed by atoms with Gasteiger partial charge in [0.25, 0.3) is 0 Å². The van der Waals surface area contributed by atoms with Gasteiger partial charge in [0, 0.05) is 6.54 Å². The van der Waals surface area contributed by atoms with Crippen molar-refractivity contribution in [1.29, 1.82) is 0 Å². The second kappa shape index (κ2) is 6.83. The van der Waals surface area contributed by atoms with Crippen molar-refractivity contribution in [2.45, 2.75) is 10.1 Å². The van der Waals surface area contributed by atoms with Crippen LogP contribution in [0.2, 0.25) is 0 Å². The molecule has 0 aliphatic carbocycles. The van der Waals surface area contributed by atoms with E-state index in [0.717, 1.165) is 14.3 Å². The number of anilines is 1. The Morgan fingerprint density at radius 1 is 1.43 bits per heavy atom. The summed E-state index contributed by atoms with van der Waals surface area (Å²) in [7, 11) is 0. The zero-order valence-electron chi connectivity index (χ0n) is 10.9. The average molecular weight is 337 g/mol. The molecule has 21 heavy (non-hydrogen) atoms. The van der Waals surface area contributed by atoms with Crippen molar-refractivity contribution in [2.24, 2.45) is 0 Å². The van der Waals surface area contributed by atoms with Gasteiger partial charge in [-0.2, -0.15) is 4.98 Å². The molecule has 0 saturated heterocycles. The van der Waals surface area contributed by atoms with Gasteiger partial charge >= 0.3 is 0 Å². The van der Waals surface area contributed by atoms with Gasteiger partial charge in [-0.15, -0.1) is 28.1 Å². The van der Waals surface area contributed by atoms with Crippen molar-refractivity contribution >= 4 is 39.6 Å². The number of hydrogen-bond acceptors (Lipinski definition) is 9. The number of nitrogens with one attached hydrogen (secondary N) is 1. The molecule has 0 amide bonds. The normalized spacial score (nSPS) is 10.7. The third kappa shape index (κ3) is 3.69. The lowest BCUT2D eigenvalue weighted by atomic mass is 10.4. The fourth-order valence-corrected chi connectivity index (χ4v) is 3.69. The molecule has 108 valence electrons. The largest absolute Gasteiger partial charge is 0.357 e. The van der Waals surface area contributed by atoms with Crippen LogP contribution in [0.15, 0.2) is 39.0 Å². The first-order valence-electron chi connectivity index (χ1n) is 6.02. The summed E-state index contributed by atoms with van der Waals surface area (Å²) < 4.78 is 6.09. The summed E-state index contributed by atoms with van der Waals surface area (Å²) in [6, 6.07) is 3.93. The second-order valence-corrected chi connectivity index (χ2v) is 6.97. The molecule has 3 aromatic rings. The van der Waals surface area contributed by atoms with E-state index in [2.05, 4.69) is 32.2 Å². The quantitative estimate of drug-likeness (QED) is 0.522. The molecule has 3 rings (SSSR count). The minimum absolute atomic E-state index is 0.578. The molecule has 6 nitrogen and oxygen atoms in total. The SMILES string of the molecule is C=CCNc1nnc(SCc2nc(-c3cccs3)no2)s1. The Morgan fingerprint density at radius 2 is 2.38 bits per heavy atom. The van der Waals surface area contributed by atoms with Gasteiger partial charge in [-0.3, -0.25) is 0 Å². The van der Waals surface area contributed by atoms with Crippen LogP contribution in [0, 0.1) is 0 Å². The van der Waals surface area contributed by atoms with Crippen LogP contribution < -0.4 is 5.32 Å². The van der Waals surface area contributed by atoms with Crippen LogP contribution in [0.25, 0.3) is 10.7 Å². The predicted octanol–water partition coefficient (Wildman–Crippen LogP) is 3.54. The summed E-state index contributed by atoms with van der Waals surface area (Å²) in [6.45, 7) is 4.32. The zero-order chi connectivity index (χ0) is 14.5. The molecular formula is C12H11N5OS3. The molecular weight excluding hydrogens is 326 g/mol. The highest BCUT2D eigenvalue weighted by molar-refractivity contribution is 8.00. The van der Waals surface area contributed by atoms with Crippen molar-refractivity contribution in [3.8, 4) is 10.7 Å². The highest BCUT2D eigenvalue weighted by Crippen LogP contribution is 2.29. The maximum Gasteiger partial charge on any atom is 0.237 e. The standard InChI is InChI=1S/C12H11N5OS3/c1-2-5-13-11-15-16-12(21-11)20-7-9-14-10(17-18-9)8-4-3-6-19-8/h2-4,6H,1,5,7H2,(H,13,15). The van der Waals surface area contributed by atoms with Crippen molar-refractivity contribution in [1.82, 2.24) is 20.3 Å². The number of hydrogen-bond donors (Lipinski definition) is 1. The highest BCUT2D eigenvalue weighted by Gasteiger charge is 2.11. The second-order valence-electron chi connectivity index (χ2n) is 3.82. The minimum Gasteiger partial charge on any atom is -0.357 e. The third-order valence-electron chi connectivity index (χ3n) is 2.33. The molecule has 0 radical (unpaired) electrons. The molecule has 0 spiro atoms. The van der Waals surface area contributed by atoms with E-state index >= 15 is 0 Å². The fourth-order valence-electron chi connectivity index (χ4n) is 1.44. The first kappa shape index (κ1) is 14.2. The molecule has 0 bridgehead atoms. The molecule has 0 unspecified atom stereocenters. The summed E-state index contributed by atoms with van der Waals surface area (Å²) in [5.41, 5.74) is 0. The molecule has 3 heterocycles. The molecule has 0 aromatic carbocycles. The number of nitrogens with zero attached hydrogens (tertiary/aromatic N) is 4. The van der Waals surface area contributed by atoms with Crippen LogP contribution in [0.5, 0.6) is 0 Å². The molecule has 0 fully saturated rings. The summed E-state index contributed by atoms with van der Waals surface area (Å²) >= 11 is 4.60. The average Bonchev–Trinajstić information content (AvgIpc) is 3.22. The van der Waals surface area contributed by atoms with Crippen LogP contribution in [-0.2, 0) is 5.75 Å². The lowest BCUT2D eigenvalue weighted by Gasteiger charge is -1.93. The molecule has 0 aliphatic heterocycles. The number of rotatable bonds is 7. The first-order chi connectivity index (χ1) is 10.3. The van der Waals surface area contributed by atoms with E-state index in [9.17, 15) is 0 Å². The monoisotopic (exact) mass is 337 g/mol. The van der Waals surface area contributed by atoms with Gasteiger partial charge in [0.1, 0.15) is 0 Å². The van der Waals surface area contributed by atoms with E-state index in [1.807, 2.05) is 17.5 Å². The van der Waals surface area contributed by atoms with Gasteiger partial charge in [0.05, 0.1) is 10.6 Å². The Balaban J connectivity index is 1.57. The van der Waals surface area contributed by atoms with Crippen LogP contribution in [-0.4, -0.2) is 26.9 Å². The molecule has 9 heteroatoms. The zero-order valence-corrected chi connectivity index (χ0v) is 13.3. The smallest absolute Gasteiger partial charge is 0.237 e. The summed E-state index contributed by atoms with van der Waals surface area (Å²) in [4.78, 5) is 5.37. The van der Waals surface area contributed by atoms with Gasteiger partial charge in [0.2, 0.25) is 16.8 Å². The van der Waals surface area contributed by atoms with Gasteiger partial charge in [-0.1, -0.05) is 40.4 Å². The lowest BCUT2D eigenvalue weighted by molar-refractivity contribution is 0.392. The number of aromatic nitrogens is 4. The van der Waals surface area contributed by atoms with Crippen LogP contribution >= 0.6 is 34.4 Å². The number of thioether (sulfide) groups is 1. The Labute approximate surface area is 133 Å². The predicted molar refractivity (Wildman–Crippen MR) is 85.8 cm³/mol. The molecule has 3 aromatic heterocycles. The van der Waals surface area contributed by atoms with E-state index in [1.54, 1.807) is 17.4 Å².